The first-order valence-corrected chi connectivity index (χ1v) is 10.8. The van der Waals surface area contributed by atoms with Crippen LogP contribution in [0.15, 0.2) is 53.4 Å². The summed E-state index contributed by atoms with van der Waals surface area (Å²) in [6.45, 7) is 4.28. The zero-order valence-corrected chi connectivity index (χ0v) is 18.5. The molecule has 0 aromatic carbocycles. The first kappa shape index (κ1) is 20.3. The van der Waals surface area contributed by atoms with Crippen molar-refractivity contribution >= 4 is 33.8 Å². The number of aryl methyl sites for hydroxylation is 1. The molecule has 1 aliphatic carbocycles. The Morgan fingerprint density at radius 2 is 2.20 bits per heavy atom. The summed E-state index contributed by atoms with van der Waals surface area (Å²) < 4.78 is 0. The zero-order valence-electron chi connectivity index (χ0n) is 16.9. The van der Waals surface area contributed by atoms with E-state index in [4.69, 9.17) is 0 Å². The quantitative estimate of drug-likeness (QED) is 0.465. The SMILES string of the molecule is Cc1[nH]c(C=C2C(=O)NC3=CCC(Br)C=C32)c(C)c1C(=O)NCCc1ccccn1. The van der Waals surface area contributed by atoms with Gasteiger partial charge >= 0.3 is 0 Å². The molecule has 2 aromatic heterocycles. The lowest BCUT2D eigenvalue weighted by atomic mass is 9.98. The van der Waals surface area contributed by atoms with Crippen LogP contribution in [-0.2, 0) is 11.2 Å². The minimum atomic E-state index is -0.129. The Morgan fingerprint density at radius 3 is 2.97 bits per heavy atom. The van der Waals surface area contributed by atoms with Crippen molar-refractivity contribution in [1.29, 1.82) is 0 Å². The maximum atomic E-state index is 12.8. The summed E-state index contributed by atoms with van der Waals surface area (Å²) in [5.41, 5.74) is 6.30. The molecule has 2 amide bonds. The van der Waals surface area contributed by atoms with Gasteiger partial charge in [0.25, 0.3) is 11.8 Å². The van der Waals surface area contributed by atoms with Crippen LogP contribution in [0.4, 0.5) is 0 Å². The molecule has 30 heavy (non-hydrogen) atoms. The Hall–Kier alpha value is -2.93. The van der Waals surface area contributed by atoms with Crippen molar-refractivity contribution in [3.05, 3.63) is 81.6 Å². The van der Waals surface area contributed by atoms with Crippen LogP contribution < -0.4 is 10.6 Å². The molecule has 2 aromatic rings. The third kappa shape index (κ3) is 4.03. The van der Waals surface area contributed by atoms with E-state index < -0.39 is 0 Å². The molecule has 0 spiro atoms. The Morgan fingerprint density at radius 1 is 1.37 bits per heavy atom. The van der Waals surface area contributed by atoms with Crippen LogP contribution in [0.2, 0.25) is 0 Å². The molecule has 1 fully saturated rings. The van der Waals surface area contributed by atoms with E-state index in [1.165, 1.54) is 0 Å². The number of fused-ring (bicyclic) bond motifs is 1. The van der Waals surface area contributed by atoms with Gasteiger partial charge in [-0.15, -0.1) is 0 Å². The highest BCUT2D eigenvalue weighted by Crippen LogP contribution is 2.33. The summed E-state index contributed by atoms with van der Waals surface area (Å²) in [4.78, 5) is 33.0. The number of aromatic amines is 1. The molecule has 1 saturated heterocycles. The minimum absolute atomic E-state index is 0.123. The van der Waals surface area contributed by atoms with Gasteiger partial charge in [-0.2, -0.15) is 0 Å². The maximum absolute atomic E-state index is 12.8. The van der Waals surface area contributed by atoms with Crippen molar-refractivity contribution in [3.63, 3.8) is 0 Å². The number of carbonyl (C=O) groups excluding carboxylic acids is 2. The average Bonchev–Trinajstić information content (AvgIpc) is 3.18. The maximum Gasteiger partial charge on any atom is 0.256 e. The van der Waals surface area contributed by atoms with E-state index in [9.17, 15) is 9.59 Å². The van der Waals surface area contributed by atoms with Crippen LogP contribution in [0.1, 0.15) is 39.4 Å². The van der Waals surface area contributed by atoms with Crippen LogP contribution in [0, 0.1) is 13.8 Å². The number of carbonyl (C=O) groups is 2. The van der Waals surface area contributed by atoms with Crippen LogP contribution in [0.3, 0.4) is 0 Å². The van der Waals surface area contributed by atoms with Crippen molar-refractivity contribution in [2.75, 3.05) is 6.54 Å². The van der Waals surface area contributed by atoms with E-state index in [-0.39, 0.29) is 16.6 Å². The Kier molecular flexibility index (Phi) is 5.72. The number of nitrogens with zero attached hydrogens (tertiary/aromatic N) is 1. The zero-order chi connectivity index (χ0) is 21.3. The average molecular weight is 467 g/mol. The van der Waals surface area contributed by atoms with Gasteiger partial charge in [0, 0.05) is 52.3 Å². The third-order valence-corrected chi connectivity index (χ3v) is 5.99. The Labute approximate surface area is 183 Å². The van der Waals surface area contributed by atoms with Gasteiger partial charge in [0.2, 0.25) is 0 Å². The second-order valence-corrected chi connectivity index (χ2v) is 8.63. The van der Waals surface area contributed by atoms with Gasteiger partial charge in [0.15, 0.2) is 0 Å². The third-order valence-electron chi connectivity index (χ3n) is 5.35. The lowest BCUT2D eigenvalue weighted by Gasteiger charge is -2.11. The second-order valence-electron chi connectivity index (χ2n) is 7.45. The molecule has 4 rings (SSSR count). The minimum Gasteiger partial charge on any atom is -0.358 e. The monoisotopic (exact) mass is 466 g/mol. The summed E-state index contributed by atoms with van der Waals surface area (Å²) in [6.07, 6.45) is 9.17. The molecule has 0 saturated carbocycles. The highest BCUT2D eigenvalue weighted by molar-refractivity contribution is 9.09. The van der Waals surface area contributed by atoms with Gasteiger partial charge in [0.1, 0.15) is 0 Å². The largest absolute Gasteiger partial charge is 0.358 e. The summed E-state index contributed by atoms with van der Waals surface area (Å²) in [5.74, 6) is -0.252. The summed E-state index contributed by atoms with van der Waals surface area (Å²) >= 11 is 3.60. The van der Waals surface area contributed by atoms with E-state index in [1.54, 1.807) is 6.20 Å². The molecule has 0 bridgehead atoms. The normalized spacial score (nSPS) is 19.2. The van der Waals surface area contributed by atoms with Gasteiger partial charge < -0.3 is 15.6 Å². The number of H-pyrrole nitrogens is 1. The smallest absolute Gasteiger partial charge is 0.256 e. The summed E-state index contributed by atoms with van der Waals surface area (Å²) in [7, 11) is 0. The Bertz CT molecular complexity index is 1100. The lowest BCUT2D eigenvalue weighted by molar-refractivity contribution is -0.115. The second kappa shape index (κ2) is 8.44. The number of halogens is 1. The van der Waals surface area contributed by atoms with Gasteiger partial charge in [0.05, 0.1) is 11.1 Å². The fraction of sp³-hybridized carbons (Fsp3) is 0.261. The highest BCUT2D eigenvalue weighted by Gasteiger charge is 2.30. The predicted molar refractivity (Wildman–Crippen MR) is 120 cm³/mol. The molecule has 6 nitrogen and oxygen atoms in total. The molecule has 1 aliphatic heterocycles. The van der Waals surface area contributed by atoms with Crippen molar-refractivity contribution in [1.82, 2.24) is 20.6 Å². The lowest BCUT2D eigenvalue weighted by Crippen LogP contribution is -2.26. The predicted octanol–water partition coefficient (Wildman–Crippen LogP) is 3.49. The number of hydrogen-bond acceptors (Lipinski definition) is 3. The molecule has 3 heterocycles. The topological polar surface area (TPSA) is 86.9 Å². The number of pyridine rings is 1. The standard InChI is InChI=1S/C23H23BrN4O2/c1-13-20(12-18-17-11-15(24)6-7-19(17)28-22(18)29)27-14(2)21(13)23(30)26-10-8-16-5-3-4-9-25-16/h3-5,7,9,11-12,15,27H,6,8,10H2,1-2H3,(H,26,30)(H,28,29). The molecule has 2 aliphatic rings. The fourth-order valence-corrected chi connectivity index (χ4v) is 4.28. The number of amides is 2. The molecular weight excluding hydrogens is 444 g/mol. The molecule has 1 unspecified atom stereocenters. The molecule has 0 radical (unpaired) electrons. The van der Waals surface area contributed by atoms with Gasteiger partial charge in [-0.1, -0.05) is 34.1 Å². The summed E-state index contributed by atoms with van der Waals surface area (Å²) in [6, 6.07) is 5.75. The number of rotatable bonds is 5. The van der Waals surface area contributed by atoms with Gasteiger partial charge in [-0.25, -0.2) is 0 Å². The van der Waals surface area contributed by atoms with Crippen molar-refractivity contribution in [2.24, 2.45) is 0 Å². The van der Waals surface area contributed by atoms with Crippen molar-refractivity contribution in [3.8, 4) is 0 Å². The van der Waals surface area contributed by atoms with E-state index >= 15 is 0 Å². The molecule has 3 N–H and O–H groups in total. The molecule has 1 atom stereocenters. The van der Waals surface area contributed by atoms with Crippen LogP contribution >= 0.6 is 15.9 Å². The Balaban J connectivity index is 1.53. The van der Waals surface area contributed by atoms with E-state index in [2.05, 4.69) is 42.6 Å². The van der Waals surface area contributed by atoms with Gasteiger partial charge in [-0.3, -0.25) is 14.6 Å². The molecule has 154 valence electrons. The van der Waals surface area contributed by atoms with Crippen molar-refractivity contribution in [2.45, 2.75) is 31.5 Å². The molecule has 7 heteroatoms. The number of hydrogen-bond donors (Lipinski definition) is 3. The number of allylic oxidation sites excluding steroid dienone is 3. The van der Waals surface area contributed by atoms with Gasteiger partial charge in [-0.05, 0) is 44.0 Å². The van der Waals surface area contributed by atoms with Crippen LogP contribution in [0.25, 0.3) is 6.08 Å². The first-order chi connectivity index (χ1) is 14.4. The van der Waals surface area contributed by atoms with Crippen molar-refractivity contribution < 1.29 is 9.59 Å². The highest BCUT2D eigenvalue weighted by atomic mass is 79.9. The van der Waals surface area contributed by atoms with E-state index in [0.717, 1.165) is 40.3 Å². The summed E-state index contributed by atoms with van der Waals surface area (Å²) in [5, 5.41) is 5.89. The number of aromatic nitrogens is 2. The van der Waals surface area contributed by atoms with E-state index in [1.807, 2.05) is 44.2 Å². The van der Waals surface area contributed by atoms with E-state index in [0.29, 0.717) is 24.1 Å². The van der Waals surface area contributed by atoms with Crippen LogP contribution in [0.5, 0.6) is 0 Å². The molecular formula is C23H23BrN4O2. The number of nitrogens with one attached hydrogen (secondary N) is 3. The fourth-order valence-electron chi connectivity index (χ4n) is 3.83. The first-order valence-electron chi connectivity index (χ1n) is 9.91. The van der Waals surface area contributed by atoms with Crippen LogP contribution in [-0.4, -0.2) is 33.2 Å². The number of alkyl halides is 1.